The summed E-state index contributed by atoms with van der Waals surface area (Å²) in [6.07, 6.45) is 9.51. The molecule has 1 aromatic heterocycles. The second kappa shape index (κ2) is 9.56. The van der Waals surface area contributed by atoms with Crippen molar-refractivity contribution in [1.29, 1.82) is 0 Å². The van der Waals surface area contributed by atoms with E-state index in [9.17, 15) is 0 Å². The van der Waals surface area contributed by atoms with E-state index in [-0.39, 0.29) is 0 Å². The maximum atomic E-state index is 5.00. The van der Waals surface area contributed by atoms with Gasteiger partial charge < -0.3 is 10.2 Å². The molecule has 174 valence electrons. The van der Waals surface area contributed by atoms with Crippen molar-refractivity contribution >= 4 is 5.69 Å². The third kappa shape index (κ3) is 4.60. The second-order valence-corrected chi connectivity index (χ2v) is 10.7. The van der Waals surface area contributed by atoms with Crippen LogP contribution in [0.2, 0.25) is 0 Å². The highest BCUT2D eigenvalue weighted by Gasteiger charge is 2.41. The predicted molar refractivity (Wildman–Crippen MR) is 132 cm³/mol. The molecule has 2 bridgehead atoms. The monoisotopic (exact) mass is 435 g/mol. The van der Waals surface area contributed by atoms with Crippen molar-refractivity contribution in [3.8, 4) is 0 Å². The molecule has 4 heterocycles. The van der Waals surface area contributed by atoms with Crippen LogP contribution < -0.4 is 10.2 Å². The number of hydrogen-bond donors (Lipinski definition) is 1. The first-order valence-corrected chi connectivity index (χ1v) is 12.8. The fourth-order valence-corrected chi connectivity index (χ4v) is 6.43. The minimum absolute atomic E-state index is 0.661. The van der Waals surface area contributed by atoms with Crippen molar-refractivity contribution in [2.45, 2.75) is 69.4 Å². The first kappa shape index (κ1) is 22.0. The summed E-state index contributed by atoms with van der Waals surface area (Å²) in [5, 5.41) is 8.74. The lowest BCUT2D eigenvalue weighted by Crippen LogP contribution is -2.55. The zero-order valence-corrected chi connectivity index (χ0v) is 20.3. The van der Waals surface area contributed by atoms with Crippen LogP contribution in [0.1, 0.15) is 73.7 Å². The number of piperidine rings is 3. The predicted octanol–water partition coefficient (Wildman–Crippen LogP) is 4.50. The summed E-state index contributed by atoms with van der Waals surface area (Å²) in [6, 6.07) is 12.1. The zero-order chi connectivity index (χ0) is 22.1. The minimum atomic E-state index is 0.661. The van der Waals surface area contributed by atoms with Crippen molar-refractivity contribution in [3.63, 3.8) is 0 Å². The summed E-state index contributed by atoms with van der Waals surface area (Å²) in [4.78, 5) is 4.90. The van der Waals surface area contributed by atoms with Gasteiger partial charge in [-0.25, -0.2) is 0 Å². The van der Waals surface area contributed by atoms with Crippen LogP contribution in [0.25, 0.3) is 0 Å². The molecule has 0 radical (unpaired) electrons. The highest BCUT2D eigenvalue weighted by atomic mass is 15.3. The maximum absolute atomic E-state index is 5.00. The lowest BCUT2D eigenvalue weighted by Gasteiger charge is -2.50. The van der Waals surface area contributed by atoms with Gasteiger partial charge in [-0.3, -0.25) is 9.58 Å². The van der Waals surface area contributed by atoms with E-state index >= 15 is 0 Å². The van der Waals surface area contributed by atoms with Gasteiger partial charge in [0.25, 0.3) is 0 Å². The van der Waals surface area contributed by atoms with E-state index in [1.807, 2.05) is 0 Å². The minimum Gasteiger partial charge on any atom is -0.378 e. The third-order valence-corrected chi connectivity index (χ3v) is 8.38. The Bertz CT molecular complexity index is 880. The van der Waals surface area contributed by atoms with Crippen LogP contribution in [-0.4, -0.2) is 54.5 Å². The van der Waals surface area contributed by atoms with Gasteiger partial charge in [-0.1, -0.05) is 31.4 Å². The van der Waals surface area contributed by atoms with Gasteiger partial charge in [-0.15, -0.1) is 0 Å². The number of nitrogens with one attached hydrogen (secondary N) is 1. The SMILES string of the molecule is CN(C)c1ccc(CNCC2CC3CCN2CC3c2cc(C3CCCCC3)nn2C)cc1. The quantitative estimate of drug-likeness (QED) is 0.695. The van der Waals surface area contributed by atoms with Gasteiger partial charge in [0, 0.05) is 70.0 Å². The Morgan fingerprint density at radius 2 is 1.84 bits per heavy atom. The van der Waals surface area contributed by atoms with Crippen LogP contribution >= 0.6 is 0 Å². The molecule has 3 saturated heterocycles. The summed E-state index contributed by atoms with van der Waals surface area (Å²) >= 11 is 0. The zero-order valence-electron chi connectivity index (χ0n) is 20.3. The number of nitrogens with zero attached hydrogens (tertiary/aromatic N) is 4. The largest absolute Gasteiger partial charge is 0.378 e. The highest BCUT2D eigenvalue weighted by molar-refractivity contribution is 5.45. The number of aromatic nitrogens is 2. The maximum Gasteiger partial charge on any atom is 0.0658 e. The van der Waals surface area contributed by atoms with Gasteiger partial charge in [-0.2, -0.15) is 5.10 Å². The molecule has 3 aliphatic heterocycles. The summed E-state index contributed by atoms with van der Waals surface area (Å²) in [6.45, 7) is 4.52. The van der Waals surface area contributed by atoms with Gasteiger partial charge in [0.15, 0.2) is 0 Å². The molecular weight excluding hydrogens is 394 g/mol. The highest BCUT2D eigenvalue weighted by Crippen LogP contribution is 2.42. The Morgan fingerprint density at radius 1 is 1.06 bits per heavy atom. The molecule has 1 aromatic carbocycles. The Kier molecular flexibility index (Phi) is 6.56. The van der Waals surface area contributed by atoms with Gasteiger partial charge in [0.1, 0.15) is 0 Å². The molecule has 5 heteroatoms. The lowest BCUT2D eigenvalue weighted by atomic mass is 9.74. The number of hydrogen-bond acceptors (Lipinski definition) is 4. The molecule has 0 spiro atoms. The fraction of sp³-hybridized carbons (Fsp3) is 0.667. The van der Waals surface area contributed by atoms with E-state index in [2.05, 4.69) is 71.3 Å². The summed E-state index contributed by atoms with van der Waals surface area (Å²) in [7, 11) is 6.37. The molecule has 4 atom stereocenters. The molecule has 4 unspecified atom stereocenters. The fourth-order valence-electron chi connectivity index (χ4n) is 6.43. The smallest absolute Gasteiger partial charge is 0.0658 e. The van der Waals surface area contributed by atoms with E-state index in [1.54, 1.807) is 0 Å². The molecule has 1 aliphatic carbocycles. The second-order valence-electron chi connectivity index (χ2n) is 10.7. The van der Waals surface area contributed by atoms with Gasteiger partial charge >= 0.3 is 0 Å². The normalized spacial score (nSPS) is 28.2. The van der Waals surface area contributed by atoms with Crippen molar-refractivity contribution in [2.75, 3.05) is 38.6 Å². The van der Waals surface area contributed by atoms with Crippen molar-refractivity contribution < 1.29 is 0 Å². The van der Waals surface area contributed by atoms with E-state index in [0.29, 0.717) is 17.9 Å². The van der Waals surface area contributed by atoms with E-state index in [1.165, 1.54) is 80.7 Å². The number of aryl methyl sites for hydroxylation is 1. The molecule has 5 nitrogen and oxygen atoms in total. The summed E-state index contributed by atoms with van der Waals surface area (Å²) in [5.74, 6) is 2.17. The standard InChI is InChI=1S/C27H41N5/c1-30(2)23-11-9-20(10-12-23)17-28-18-24-15-22-13-14-32(24)19-25(22)27-16-26(29-31(27)3)21-7-5-4-6-8-21/h9-12,16,21-22,24-25,28H,4-8,13-15,17-19H2,1-3H3. The van der Waals surface area contributed by atoms with Crippen LogP contribution in [0.15, 0.2) is 30.3 Å². The average Bonchev–Trinajstić information content (AvgIpc) is 3.22. The molecular formula is C27H41N5. The van der Waals surface area contributed by atoms with Crippen LogP contribution in [0.5, 0.6) is 0 Å². The Hall–Kier alpha value is -1.85. The summed E-state index contributed by atoms with van der Waals surface area (Å²) in [5.41, 5.74) is 5.50. The molecule has 2 aromatic rings. The van der Waals surface area contributed by atoms with Gasteiger partial charge in [0.05, 0.1) is 5.69 Å². The molecule has 4 aliphatic rings. The van der Waals surface area contributed by atoms with Crippen LogP contribution in [0.4, 0.5) is 5.69 Å². The third-order valence-electron chi connectivity index (χ3n) is 8.38. The molecule has 1 N–H and O–H groups in total. The van der Waals surface area contributed by atoms with Gasteiger partial charge in [0.2, 0.25) is 0 Å². The molecule has 1 saturated carbocycles. The summed E-state index contributed by atoms with van der Waals surface area (Å²) < 4.78 is 2.22. The van der Waals surface area contributed by atoms with Crippen molar-refractivity contribution in [2.24, 2.45) is 13.0 Å². The van der Waals surface area contributed by atoms with Crippen LogP contribution in [0.3, 0.4) is 0 Å². The van der Waals surface area contributed by atoms with Gasteiger partial charge in [-0.05, 0) is 61.9 Å². The van der Waals surface area contributed by atoms with Crippen LogP contribution in [-0.2, 0) is 13.6 Å². The first-order valence-electron chi connectivity index (χ1n) is 12.8. The van der Waals surface area contributed by atoms with Crippen molar-refractivity contribution in [3.05, 3.63) is 47.3 Å². The Balaban J connectivity index is 1.16. The van der Waals surface area contributed by atoms with Crippen molar-refractivity contribution in [1.82, 2.24) is 20.0 Å². The molecule has 4 fully saturated rings. The molecule has 0 amide bonds. The van der Waals surface area contributed by atoms with E-state index < -0.39 is 0 Å². The Morgan fingerprint density at radius 3 is 2.53 bits per heavy atom. The Labute approximate surface area is 194 Å². The number of rotatable bonds is 7. The topological polar surface area (TPSA) is 36.3 Å². The number of fused-ring (bicyclic) bond motifs is 3. The lowest BCUT2D eigenvalue weighted by molar-refractivity contribution is 0.0282. The van der Waals surface area contributed by atoms with E-state index in [0.717, 1.165) is 19.0 Å². The van der Waals surface area contributed by atoms with Crippen LogP contribution in [0, 0.1) is 5.92 Å². The molecule has 32 heavy (non-hydrogen) atoms. The molecule has 6 rings (SSSR count). The number of benzene rings is 1. The number of anilines is 1. The first-order chi connectivity index (χ1) is 15.6. The average molecular weight is 436 g/mol. The van der Waals surface area contributed by atoms with E-state index in [4.69, 9.17) is 5.10 Å².